The highest BCUT2D eigenvalue weighted by Gasteiger charge is 2.24. The molecule has 2 aromatic heterocycles. The lowest BCUT2D eigenvalue weighted by molar-refractivity contribution is -0.116. The highest BCUT2D eigenvalue weighted by Crippen LogP contribution is 2.31. The molecule has 0 unspecified atom stereocenters. The van der Waals surface area contributed by atoms with Gasteiger partial charge < -0.3 is 9.73 Å². The van der Waals surface area contributed by atoms with Crippen molar-refractivity contribution < 1.29 is 13.6 Å². The Morgan fingerprint density at radius 3 is 2.71 bits per heavy atom. The summed E-state index contributed by atoms with van der Waals surface area (Å²) in [6.45, 7) is 0. The molecule has 31 heavy (non-hydrogen) atoms. The zero-order chi connectivity index (χ0) is 21.2. The van der Waals surface area contributed by atoms with E-state index < -0.39 is 0 Å². The molecule has 1 amide bonds. The van der Waals surface area contributed by atoms with E-state index in [9.17, 15) is 9.18 Å². The number of nitrogens with one attached hydrogen (secondary N) is 1. The van der Waals surface area contributed by atoms with Crippen molar-refractivity contribution in [2.24, 2.45) is 0 Å². The third kappa shape index (κ3) is 3.99. The molecule has 1 aliphatic carbocycles. The number of fused-ring (bicyclic) bond motifs is 1. The average Bonchev–Trinajstić information content (AvgIpc) is 3.51. The van der Waals surface area contributed by atoms with E-state index in [4.69, 9.17) is 9.52 Å². The van der Waals surface area contributed by atoms with Crippen LogP contribution in [0.5, 0.6) is 0 Å². The van der Waals surface area contributed by atoms with E-state index in [0.29, 0.717) is 18.1 Å². The predicted octanol–water partition coefficient (Wildman–Crippen LogP) is 4.73. The second-order valence-electron chi connectivity index (χ2n) is 7.55. The van der Waals surface area contributed by atoms with Crippen LogP contribution in [0.4, 0.5) is 10.2 Å². The lowest BCUT2D eigenvalue weighted by Gasteiger charge is -2.10. The Hall–Kier alpha value is -3.74. The van der Waals surface area contributed by atoms with E-state index >= 15 is 0 Å². The molecule has 1 aliphatic rings. The molecule has 156 valence electrons. The second-order valence-corrected chi connectivity index (χ2v) is 7.55. The molecule has 0 fully saturated rings. The minimum Gasteiger partial charge on any atom is -0.441 e. The fourth-order valence-corrected chi connectivity index (χ4v) is 3.86. The van der Waals surface area contributed by atoms with Gasteiger partial charge in [0.2, 0.25) is 5.91 Å². The van der Waals surface area contributed by atoms with Gasteiger partial charge in [-0.25, -0.2) is 14.1 Å². The maximum atomic E-state index is 13.1. The van der Waals surface area contributed by atoms with E-state index in [2.05, 4.69) is 10.3 Å². The SMILES string of the molecule is O=C(CCc1ncc(-c2ccc(F)cc2)o1)Nc1c2c(nn1-c1ccccc1)CCC2. The van der Waals surface area contributed by atoms with Crippen molar-refractivity contribution >= 4 is 11.7 Å². The van der Waals surface area contributed by atoms with Gasteiger partial charge in [0.05, 0.1) is 17.6 Å². The summed E-state index contributed by atoms with van der Waals surface area (Å²) in [6.07, 6.45) is 5.10. The number of nitrogens with zero attached hydrogens (tertiary/aromatic N) is 3. The van der Waals surface area contributed by atoms with Crippen molar-refractivity contribution in [3.05, 3.63) is 83.8 Å². The van der Waals surface area contributed by atoms with Gasteiger partial charge >= 0.3 is 0 Å². The number of anilines is 1. The Morgan fingerprint density at radius 1 is 1.10 bits per heavy atom. The molecule has 0 radical (unpaired) electrons. The van der Waals surface area contributed by atoms with Crippen LogP contribution in [0.1, 0.15) is 30.0 Å². The van der Waals surface area contributed by atoms with Gasteiger partial charge in [0.1, 0.15) is 11.6 Å². The number of halogens is 1. The number of hydrogen-bond acceptors (Lipinski definition) is 4. The van der Waals surface area contributed by atoms with E-state index in [0.717, 1.165) is 47.6 Å². The highest BCUT2D eigenvalue weighted by atomic mass is 19.1. The van der Waals surface area contributed by atoms with E-state index in [1.807, 2.05) is 35.0 Å². The van der Waals surface area contributed by atoms with Crippen molar-refractivity contribution in [2.45, 2.75) is 32.1 Å². The summed E-state index contributed by atoms with van der Waals surface area (Å²) in [5, 5.41) is 7.77. The molecule has 4 aromatic rings. The molecular formula is C24H21FN4O2. The first kappa shape index (κ1) is 19.2. The first-order valence-electron chi connectivity index (χ1n) is 10.3. The number of aryl methyl sites for hydroxylation is 2. The quantitative estimate of drug-likeness (QED) is 0.493. The predicted molar refractivity (Wildman–Crippen MR) is 114 cm³/mol. The summed E-state index contributed by atoms with van der Waals surface area (Å²) in [4.78, 5) is 17.0. The first-order chi connectivity index (χ1) is 15.2. The van der Waals surface area contributed by atoms with Crippen LogP contribution in [0.3, 0.4) is 0 Å². The Balaban J connectivity index is 1.28. The molecule has 0 bridgehead atoms. The van der Waals surface area contributed by atoms with E-state index in [-0.39, 0.29) is 18.1 Å². The zero-order valence-corrected chi connectivity index (χ0v) is 16.8. The van der Waals surface area contributed by atoms with Crippen LogP contribution in [0.15, 0.2) is 65.2 Å². The van der Waals surface area contributed by atoms with Gasteiger partial charge in [-0.2, -0.15) is 5.10 Å². The largest absolute Gasteiger partial charge is 0.441 e. The molecule has 0 aliphatic heterocycles. The maximum Gasteiger partial charge on any atom is 0.226 e. The number of hydrogen-bond donors (Lipinski definition) is 1. The molecule has 0 spiro atoms. The van der Waals surface area contributed by atoms with Gasteiger partial charge in [-0.05, 0) is 55.7 Å². The molecular weight excluding hydrogens is 395 g/mol. The van der Waals surface area contributed by atoms with Crippen LogP contribution in [0.2, 0.25) is 0 Å². The topological polar surface area (TPSA) is 73.0 Å². The summed E-state index contributed by atoms with van der Waals surface area (Å²) in [7, 11) is 0. The number of benzene rings is 2. The van der Waals surface area contributed by atoms with Gasteiger partial charge in [-0.1, -0.05) is 18.2 Å². The van der Waals surface area contributed by atoms with Crippen LogP contribution in [-0.2, 0) is 24.1 Å². The number of carbonyl (C=O) groups excluding carboxylic acids is 1. The highest BCUT2D eigenvalue weighted by molar-refractivity contribution is 5.91. The third-order valence-electron chi connectivity index (χ3n) is 5.41. The van der Waals surface area contributed by atoms with Crippen molar-refractivity contribution in [1.82, 2.24) is 14.8 Å². The van der Waals surface area contributed by atoms with Crippen molar-refractivity contribution in [2.75, 3.05) is 5.32 Å². The second kappa shape index (κ2) is 8.18. The summed E-state index contributed by atoms with van der Waals surface area (Å²) >= 11 is 0. The fourth-order valence-electron chi connectivity index (χ4n) is 3.86. The molecule has 0 saturated heterocycles. The molecule has 1 N–H and O–H groups in total. The number of amides is 1. The van der Waals surface area contributed by atoms with E-state index in [1.54, 1.807) is 18.3 Å². The van der Waals surface area contributed by atoms with Gasteiger partial charge in [-0.3, -0.25) is 4.79 Å². The Morgan fingerprint density at radius 2 is 1.90 bits per heavy atom. The minimum absolute atomic E-state index is 0.117. The lowest BCUT2D eigenvalue weighted by Crippen LogP contribution is -2.16. The number of rotatable bonds is 6. The third-order valence-corrected chi connectivity index (χ3v) is 5.41. The summed E-state index contributed by atoms with van der Waals surface area (Å²) in [5.74, 6) is 1.35. The molecule has 7 heteroatoms. The molecule has 5 rings (SSSR count). The number of carbonyl (C=O) groups is 1. The van der Waals surface area contributed by atoms with Crippen molar-refractivity contribution in [3.8, 4) is 17.0 Å². The normalized spacial score (nSPS) is 12.7. The molecule has 6 nitrogen and oxygen atoms in total. The minimum atomic E-state index is -0.304. The molecule has 0 atom stereocenters. The Labute approximate surface area is 178 Å². The van der Waals surface area contributed by atoms with Crippen LogP contribution >= 0.6 is 0 Å². The van der Waals surface area contributed by atoms with E-state index in [1.165, 1.54) is 12.1 Å². The zero-order valence-electron chi connectivity index (χ0n) is 16.8. The smallest absolute Gasteiger partial charge is 0.226 e. The van der Waals surface area contributed by atoms with Gasteiger partial charge in [0, 0.05) is 24.0 Å². The number of oxazole rings is 1. The lowest BCUT2D eigenvalue weighted by atomic mass is 10.2. The van der Waals surface area contributed by atoms with Gasteiger partial charge in [-0.15, -0.1) is 0 Å². The summed E-state index contributed by atoms with van der Waals surface area (Å²) in [5.41, 5.74) is 3.83. The fraction of sp³-hybridized carbons (Fsp3) is 0.208. The van der Waals surface area contributed by atoms with Gasteiger partial charge in [0.15, 0.2) is 11.7 Å². The number of para-hydroxylation sites is 1. The van der Waals surface area contributed by atoms with Gasteiger partial charge in [0.25, 0.3) is 0 Å². The summed E-state index contributed by atoms with van der Waals surface area (Å²) in [6, 6.07) is 15.8. The average molecular weight is 416 g/mol. The van der Waals surface area contributed by atoms with Crippen LogP contribution < -0.4 is 5.32 Å². The molecule has 2 heterocycles. The van der Waals surface area contributed by atoms with Crippen LogP contribution in [0, 0.1) is 5.82 Å². The van der Waals surface area contributed by atoms with Crippen LogP contribution in [-0.4, -0.2) is 20.7 Å². The molecule has 0 saturated carbocycles. The maximum absolute atomic E-state index is 13.1. The standard InChI is InChI=1S/C24H21FN4O2/c25-17-11-9-16(10-12-17)21-15-26-23(31-21)14-13-22(30)27-24-19-7-4-8-20(19)28-29(24)18-5-2-1-3-6-18/h1-3,5-6,9-12,15H,4,7-8,13-14H2,(H,27,30). The Kier molecular flexibility index (Phi) is 5.08. The first-order valence-corrected chi connectivity index (χ1v) is 10.3. The van der Waals surface area contributed by atoms with Crippen molar-refractivity contribution in [1.29, 1.82) is 0 Å². The number of aromatic nitrogens is 3. The monoisotopic (exact) mass is 416 g/mol. The molecule has 2 aromatic carbocycles. The summed E-state index contributed by atoms with van der Waals surface area (Å²) < 4.78 is 20.6. The Bertz CT molecular complexity index is 1210. The van der Waals surface area contributed by atoms with Crippen molar-refractivity contribution in [3.63, 3.8) is 0 Å². The van der Waals surface area contributed by atoms with Crippen LogP contribution in [0.25, 0.3) is 17.0 Å².